The molecule has 0 bridgehead atoms. The Kier molecular flexibility index (Phi) is 4.56. The molecular weight excluding hydrogens is 404 g/mol. The van der Waals surface area contributed by atoms with Gasteiger partial charge in [-0.1, -0.05) is 49.1 Å². The summed E-state index contributed by atoms with van der Waals surface area (Å²) in [4.78, 5) is 53.7. The van der Waals surface area contributed by atoms with Gasteiger partial charge in [0.2, 0.25) is 0 Å². The van der Waals surface area contributed by atoms with Crippen LogP contribution in [0.5, 0.6) is 0 Å². The van der Waals surface area contributed by atoms with Gasteiger partial charge >= 0.3 is 0 Å². The lowest BCUT2D eigenvalue weighted by molar-refractivity contribution is 0.0616. The van der Waals surface area contributed by atoms with E-state index in [2.05, 4.69) is 6.58 Å². The Morgan fingerprint density at radius 1 is 0.594 bits per heavy atom. The van der Waals surface area contributed by atoms with Gasteiger partial charge in [0.15, 0.2) is 0 Å². The topological polar surface area (TPSA) is 74.8 Å². The predicted molar refractivity (Wildman–Crippen MR) is 118 cm³/mol. The maximum atomic E-state index is 12.8. The fourth-order valence-corrected chi connectivity index (χ4v) is 4.18. The van der Waals surface area contributed by atoms with Crippen molar-refractivity contribution in [1.82, 2.24) is 9.80 Å². The van der Waals surface area contributed by atoms with Crippen LogP contribution in [-0.2, 0) is 13.1 Å². The van der Waals surface area contributed by atoms with Crippen molar-refractivity contribution in [3.05, 3.63) is 112 Å². The van der Waals surface area contributed by atoms with E-state index in [4.69, 9.17) is 0 Å². The number of benzene rings is 3. The molecule has 2 heterocycles. The van der Waals surface area contributed by atoms with Crippen LogP contribution in [0.3, 0.4) is 0 Å². The van der Waals surface area contributed by atoms with Gasteiger partial charge in [0.1, 0.15) is 0 Å². The molecule has 0 aliphatic carbocycles. The Morgan fingerprint density at radius 3 is 1.41 bits per heavy atom. The molecule has 4 amide bonds. The van der Waals surface area contributed by atoms with Gasteiger partial charge in [0, 0.05) is 0 Å². The second-order valence-electron chi connectivity index (χ2n) is 7.72. The third-order valence-corrected chi connectivity index (χ3v) is 5.88. The number of rotatable bonds is 5. The lowest BCUT2D eigenvalue weighted by Gasteiger charge is -2.20. The van der Waals surface area contributed by atoms with E-state index >= 15 is 0 Å². The highest BCUT2D eigenvalue weighted by Gasteiger charge is 2.37. The van der Waals surface area contributed by atoms with E-state index < -0.39 is 0 Å². The summed E-state index contributed by atoms with van der Waals surface area (Å²) in [5, 5.41) is 0. The molecule has 3 aromatic rings. The van der Waals surface area contributed by atoms with Gasteiger partial charge < -0.3 is 0 Å². The van der Waals surface area contributed by atoms with E-state index in [0.717, 1.165) is 5.56 Å². The van der Waals surface area contributed by atoms with Crippen LogP contribution in [0.25, 0.3) is 6.08 Å². The van der Waals surface area contributed by atoms with Crippen LogP contribution in [0.1, 0.15) is 58.1 Å². The van der Waals surface area contributed by atoms with Gasteiger partial charge in [-0.2, -0.15) is 0 Å². The van der Waals surface area contributed by atoms with Gasteiger partial charge in [-0.3, -0.25) is 29.0 Å². The molecule has 6 heteroatoms. The Bertz CT molecular complexity index is 1270. The number of imide groups is 2. The lowest BCUT2D eigenvalue weighted by Crippen LogP contribution is -2.32. The molecular formula is C26H18N2O4. The molecule has 0 atom stereocenters. The number of nitrogens with zero attached hydrogens (tertiary/aromatic N) is 2. The van der Waals surface area contributed by atoms with Crippen molar-refractivity contribution >= 4 is 29.7 Å². The van der Waals surface area contributed by atoms with Crippen LogP contribution < -0.4 is 0 Å². The molecule has 0 saturated carbocycles. The van der Waals surface area contributed by atoms with Crippen LogP contribution in [0.2, 0.25) is 0 Å². The molecule has 0 saturated heterocycles. The minimum absolute atomic E-state index is 0.0343. The Morgan fingerprint density at radius 2 is 1.00 bits per heavy atom. The van der Waals surface area contributed by atoms with E-state index in [1.54, 1.807) is 60.7 Å². The van der Waals surface area contributed by atoms with E-state index in [9.17, 15) is 19.2 Å². The SMILES string of the molecule is C=Cc1ccc(CN2C(=O)c3ccccc3C2=O)c(CN2C(=O)c3ccccc3C2=O)c1. The number of hydrogen-bond acceptors (Lipinski definition) is 4. The van der Waals surface area contributed by atoms with Crippen molar-refractivity contribution in [2.45, 2.75) is 13.1 Å². The second kappa shape index (κ2) is 7.42. The zero-order valence-corrected chi connectivity index (χ0v) is 17.1. The van der Waals surface area contributed by atoms with Gasteiger partial charge in [0.05, 0.1) is 35.3 Å². The standard InChI is InChI=1S/C26H18N2O4/c1-2-16-11-12-17(14-27-23(29)19-7-3-4-8-20(19)24(27)30)18(13-16)15-28-25(31)21-9-5-6-10-22(21)26(28)32/h2-13H,1,14-15H2. The highest BCUT2D eigenvalue weighted by molar-refractivity contribution is 6.22. The summed E-state index contributed by atoms with van der Waals surface area (Å²) in [5.74, 6) is -1.43. The number of amides is 4. The first-order valence-electron chi connectivity index (χ1n) is 10.1. The molecule has 0 aromatic heterocycles. The molecule has 5 rings (SSSR count). The number of carbonyl (C=O) groups excluding carboxylic acids is 4. The minimum Gasteiger partial charge on any atom is -0.270 e. The maximum absolute atomic E-state index is 12.8. The summed E-state index contributed by atoms with van der Waals surface area (Å²) < 4.78 is 0. The average molecular weight is 422 g/mol. The Labute approximate surface area is 184 Å². The summed E-state index contributed by atoms with van der Waals surface area (Å²) >= 11 is 0. The molecule has 0 spiro atoms. The summed E-state index contributed by atoms with van der Waals surface area (Å²) in [6.07, 6.45) is 1.66. The van der Waals surface area contributed by atoms with E-state index in [0.29, 0.717) is 33.4 Å². The van der Waals surface area contributed by atoms with Crippen molar-refractivity contribution < 1.29 is 19.2 Å². The molecule has 0 fully saturated rings. The maximum Gasteiger partial charge on any atom is 0.261 e. The Balaban J connectivity index is 1.48. The van der Waals surface area contributed by atoms with Crippen molar-refractivity contribution in [3.8, 4) is 0 Å². The molecule has 2 aliphatic rings. The molecule has 0 N–H and O–H groups in total. The van der Waals surface area contributed by atoms with Gasteiger partial charge in [0.25, 0.3) is 23.6 Å². The van der Waals surface area contributed by atoms with Crippen LogP contribution >= 0.6 is 0 Å². The summed E-state index contributed by atoms with van der Waals surface area (Å²) in [7, 11) is 0. The molecule has 0 unspecified atom stereocenters. The fraction of sp³-hybridized carbons (Fsp3) is 0.0769. The zero-order valence-electron chi connectivity index (χ0n) is 17.1. The first-order chi connectivity index (χ1) is 15.5. The minimum atomic E-state index is -0.360. The summed E-state index contributed by atoms with van der Waals surface area (Å²) in [6.45, 7) is 3.86. The third-order valence-electron chi connectivity index (χ3n) is 5.88. The van der Waals surface area contributed by atoms with Gasteiger partial charge in [-0.25, -0.2) is 0 Å². The van der Waals surface area contributed by atoms with E-state index in [1.165, 1.54) is 9.80 Å². The third kappa shape index (κ3) is 2.96. The molecule has 0 radical (unpaired) electrons. The molecule has 32 heavy (non-hydrogen) atoms. The van der Waals surface area contributed by atoms with Crippen LogP contribution in [0.4, 0.5) is 0 Å². The van der Waals surface area contributed by atoms with Gasteiger partial charge in [-0.05, 0) is 47.0 Å². The largest absolute Gasteiger partial charge is 0.270 e. The molecule has 3 aromatic carbocycles. The first kappa shape index (κ1) is 19.6. The molecule has 6 nitrogen and oxygen atoms in total. The van der Waals surface area contributed by atoms with Crippen LogP contribution in [0, 0.1) is 0 Å². The molecule has 2 aliphatic heterocycles. The first-order valence-corrected chi connectivity index (χ1v) is 10.1. The quantitative estimate of drug-likeness (QED) is 0.584. The van der Waals surface area contributed by atoms with E-state index in [1.807, 2.05) is 12.1 Å². The lowest BCUT2D eigenvalue weighted by atomic mass is 10.0. The normalized spacial score (nSPS) is 14.8. The number of hydrogen-bond donors (Lipinski definition) is 0. The predicted octanol–water partition coefficient (Wildman–Crippen LogP) is 3.92. The summed E-state index contributed by atoms with van der Waals surface area (Å²) in [5.41, 5.74) is 3.67. The Hall–Kier alpha value is -4.32. The highest BCUT2D eigenvalue weighted by atomic mass is 16.2. The molecule has 156 valence electrons. The van der Waals surface area contributed by atoms with E-state index in [-0.39, 0.29) is 36.7 Å². The summed E-state index contributed by atoms with van der Waals surface area (Å²) in [6, 6.07) is 18.9. The van der Waals surface area contributed by atoms with Crippen molar-refractivity contribution in [1.29, 1.82) is 0 Å². The fourth-order valence-electron chi connectivity index (χ4n) is 4.18. The average Bonchev–Trinajstić information content (AvgIpc) is 3.21. The second-order valence-corrected chi connectivity index (χ2v) is 7.72. The monoisotopic (exact) mass is 422 g/mol. The van der Waals surface area contributed by atoms with Crippen molar-refractivity contribution in [2.24, 2.45) is 0 Å². The van der Waals surface area contributed by atoms with Crippen molar-refractivity contribution in [2.75, 3.05) is 0 Å². The number of carbonyl (C=O) groups is 4. The zero-order chi connectivity index (χ0) is 22.4. The van der Waals surface area contributed by atoms with Crippen LogP contribution in [-0.4, -0.2) is 33.4 Å². The van der Waals surface area contributed by atoms with Gasteiger partial charge in [-0.15, -0.1) is 0 Å². The van der Waals surface area contributed by atoms with Crippen LogP contribution in [0.15, 0.2) is 73.3 Å². The highest BCUT2D eigenvalue weighted by Crippen LogP contribution is 2.28. The van der Waals surface area contributed by atoms with Crippen molar-refractivity contribution in [3.63, 3.8) is 0 Å². The smallest absolute Gasteiger partial charge is 0.261 e. The number of fused-ring (bicyclic) bond motifs is 2.